The van der Waals surface area contributed by atoms with Gasteiger partial charge in [0.1, 0.15) is 0 Å². The second-order valence-corrected chi connectivity index (χ2v) is 4.27. The van der Waals surface area contributed by atoms with Crippen LogP contribution in [0.25, 0.3) is 0 Å². The van der Waals surface area contributed by atoms with Crippen LogP contribution in [0.15, 0.2) is 58.7 Å². The summed E-state index contributed by atoms with van der Waals surface area (Å²) in [5.41, 5.74) is 1.07. The Kier molecular flexibility index (Phi) is 4.77. The summed E-state index contributed by atoms with van der Waals surface area (Å²) in [5.74, 6) is -2.11. The monoisotopic (exact) mass is 296 g/mol. The first-order valence-electron chi connectivity index (χ1n) is 6.30. The van der Waals surface area contributed by atoms with E-state index in [-0.39, 0.29) is 11.1 Å². The van der Waals surface area contributed by atoms with Crippen molar-refractivity contribution in [1.82, 2.24) is 0 Å². The van der Waals surface area contributed by atoms with Crippen LogP contribution in [0, 0.1) is 0 Å². The van der Waals surface area contributed by atoms with Gasteiger partial charge in [-0.15, -0.1) is 0 Å². The van der Waals surface area contributed by atoms with Crippen molar-refractivity contribution in [3.05, 3.63) is 70.8 Å². The fraction of sp³-hybridized carbons (Fsp3) is 0. The molecule has 2 N–H and O–H groups in total. The Labute approximate surface area is 126 Å². The number of carbonyl (C=O) groups is 2. The molecule has 110 valence electrons. The van der Waals surface area contributed by atoms with Crippen LogP contribution in [0.1, 0.15) is 31.8 Å². The fourth-order valence-electron chi connectivity index (χ4n) is 1.80. The molecule has 0 unspecified atom stereocenters. The molecule has 0 aliphatic carbocycles. The van der Waals surface area contributed by atoms with Crippen molar-refractivity contribution in [2.24, 2.45) is 10.2 Å². The SMILES string of the molecule is O=C(O)c1ccccc1/C=N/N=C/c1ccccc1C(=O)O. The summed E-state index contributed by atoms with van der Waals surface area (Å²) in [6, 6.07) is 12.8. The molecule has 0 bridgehead atoms. The van der Waals surface area contributed by atoms with Crippen molar-refractivity contribution in [2.75, 3.05) is 0 Å². The number of benzene rings is 2. The minimum absolute atomic E-state index is 0.118. The van der Waals surface area contributed by atoms with E-state index in [9.17, 15) is 9.59 Å². The molecule has 0 spiro atoms. The first kappa shape index (κ1) is 15.1. The predicted molar refractivity (Wildman–Crippen MR) is 82.0 cm³/mol. The lowest BCUT2D eigenvalue weighted by atomic mass is 10.1. The Balaban J connectivity index is 2.20. The lowest BCUT2D eigenvalue weighted by Gasteiger charge is -1.99. The van der Waals surface area contributed by atoms with Crippen LogP contribution in [0.2, 0.25) is 0 Å². The Bertz CT molecular complexity index is 701. The molecule has 0 aromatic heterocycles. The molecule has 0 saturated heterocycles. The standard InChI is InChI=1S/C16H12N2O4/c19-15(20)13-7-3-1-5-11(13)9-17-18-10-12-6-2-4-8-14(12)16(21)22/h1-10H,(H,19,20)(H,21,22)/b17-9+,18-10+. The summed E-state index contributed by atoms with van der Waals surface area (Å²) in [6.45, 7) is 0. The Morgan fingerprint density at radius 2 is 1.09 bits per heavy atom. The van der Waals surface area contributed by atoms with Gasteiger partial charge in [-0.25, -0.2) is 9.59 Å². The van der Waals surface area contributed by atoms with Crippen LogP contribution in [-0.4, -0.2) is 34.6 Å². The van der Waals surface area contributed by atoms with Gasteiger partial charge in [0.2, 0.25) is 0 Å². The van der Waals surface area contributed by atoms with Crippen molar-refractivity contribution in [2.45, 2.75) is 0 Å². The summed E-state index contributed by atoms with van der Waals surface area (Å²) in [4.78, 5) is 22.1. The molecule has 2 rings (SSSR count). The van der Waals surface area contributed by atoms with Crippen LogP contribution in [0.5, 0.6) is 0 Å². The summed E-state index contributed by atoms with van der Waals surface area (Å²) >= 11 is 0. The van der Waals surface area contributed by atoms with Crippen LogP contribution in [-0.2, 0) is 0 Å². The smallest absolute Gasteiger partial charge is 0.336 e. The average molecular weight is 296 g/mol. The summed E-state index contributed by atoms with van der Waals surface area (Å²) in [5, 5.41) is 25.6. The molecule has 0 amide bonds. The zero-order valence-electron chi connectivity index (χ0n) is 11.4. The normalized spacial score (nSPS) is 11.1. The van der Waals surface area contributed by atoms with Gasteiger partial charge < -0.3 is 10.2 Å². The maximum atomic E-state index is 11.0. The molecule has 6 heteroatoms. The van der Waals surface area contributed by atoms with Crippen molar-refractivity contribution >= 4 is 24.4 Å². The fourth-order valence-corrected chi connectivity index (χ4v) is 1.80. The van der Waals surface area contributed by atoms with Gasteiger partial charge in [0.25, 0.3) is 0 Å². The average Bonchev–Trinajstić information content (AvgIpc) is 2.52. The Morgan fingerprint density at radius 3 is 1.45 bits per heavy atom. The van der Waals surface area contributed by atoms with Crippen LogP contribution >= 0.6 is 0 Å². The minimum Gasteiger partial charge on any atom is -0.478 e. The van der Waals surface area contributed by atoms with E-state index in [1.807, 2.05) is 0 Å². The number of rotatable bonds is 5. The van der Waals surface area contributed by atoms with Gasteiger partial charge in [0.05, 0.1) is 23.6 Å². The second kappa shape index (κ2) is 6.94. The van der Waals surface area contributed by atoms with Gasteiger partial charge in [0, 0.05) is 11.1 Å². The van der Waals surface area contributed by atoms with E-state index in [4.69, 9.17) is 10.2 Å². The first-order valence-corrected chi connectivity index (χ1v) is 6.30. The number of aromatic carboxylic acids is 2. The number of nitrogens with zero attached hydrogens (tertiary/aromatic N) is 2. The van der Waals surface area contributed by atoms with E-state index < -0.39 is 11.9 Å². The van der Waals surface area contributed by atoms with Gasteiger partial charge in [-0.3, -0.25) is 0 Å². The summed E-state index contributed by atoms with van der Waals surface area (Å²) in [7, 11) is 0. The topological polar surface area (TPSA) is 99.3 Å². The van der Waals surface area contributed by atoms with Gasteiger partial charge in [-0.2, -0.15) is 10.2 Å². The molecular weight excluding hydrogens is 284 g/mol. The van der Waals surface area contributed by atoms with Crippen molar-refractivity contribution in [3.8, 4) is 0 Å². The molecule has 2 aromatic rings. The number of hydrogen-bond acceptors (Lipinski definition) is 4. The second-order valence-electron chi connectivity index (χ2n) is 4.27. The van der Waals surface area contributed by atoms with Crippen LogP contribution in [0.3, 0.4) is 0 Å². The largest absolute Gasteiger partial charge is 0.478 e. The van der Waals surface area contributed by atoms with Crippen molar-refractivity contribution in [1.29, 1.82) is 0 Å². The molecule has 0 aliphatic heterocycles. The van der Waals surface area contributed by atoms with Crippen LogP contribution in [0.4, 0.5) is 0 Å². The molecule has 0 heterocycles. The summed E-state index contributed by atoms with van der Waals surface area (Å²) < 4.78 is 0. The Hall–Kier alpha value is -3.28. The highest BCUT2D eigenvalue weighted by molar-refractivity contribution is 5.99. The molecule has 0 aliphatic rings. The molecular formula is C16H12N2O4. The number of carboxylic acids is 2. The van der Waals surface area contributed by atoms with Gasteiger partial charge in [-0.1, -0.05) is 36.4 Å². The molecule has 0 atom stereocenters. The zero-order valence-corrected chi connectivity index (χ0v) is 11.4. The zero-order chi connectivity index (χ0) is 15.9. The minimum atomic E-state index is -1.05. The van der Waals surface area contributed by atoms with E-state index in [0.29, 0.717) is 11.1 Å². The van der Waals surface area contributed by atoms with Crippen molar-refractivity contribution < 1.29 is 19.8 Å². The predicted octanol–water partition coefficient (Wildman–Crippen LogP) is 2.54. The van der Waals surface area contributed by atoms with E-state index in [1.54, 1.807) is 36.4 Å². The van der Waals surface area contributed by atoms with Gasteiger partial charge >= 0.3 is 11.9 Å². The highest BCUT2D eigenvalue weighted by Crippen LogP contribution is 2.07. The third-order valence-electron chi connectivity index (χ3n) is 2.84. The lowest BCUT2D eigenvalue weighted by molar-refractivity contribution is 0.0686. The summed E-state index contributed by atoms with van der Waals surface area (Å²) in [6.07, 6.45) is 2.62. The number of hydrogen-bond donors (Lipinski definition) is 2. The lowest BCUT2D eigenvalue weighted by Crippen LogP contribution is -2.01. The molecule has 6 nitrogen and oxygen atoms in total. The quantitative estimate of drug-likeness (QED) is 0.654. The van der Waals surface area contributed by atoms with E-state index in [1.165, 1.54) is 24.6 Å². The molecule has 0 fully saturated rings. The maximum absolute atomic E-state index is 11.0. The Morgan fingerprint density at radius 1 is 0.727 bits per heavy atom. The van der Waals surface area contributed by atoms with E-state index in [2.05, 4.69) is 10.2 Å². The van der Waals surface area contributed by atoms with Gasteiger partial charge in [0.15, 0.2) is 0 Å². The molecule has 22 heavy (non-hydrogen) atoms. The molecule has 0 radical (unpaired) electrons. The molecule has 2 aromatic carbocycles. The number of carboxylic acid groups (broad SMARTS) is 2. The first-order chi connectivity index (χ1) is 10.6. The highest BCUT2D eigenvalue weighted by atomic mass is 16.4. The highest BCUT2D eigenvalue weighted by Gasteiger charge is 2.07. The van der Waals surface area contributed by atoms with E-state index in [0.717, 1.165) is 0 Å². The third-order valence-corrected chi connectivity index (χ3v) is 2.84. The third kappa shape index (κ3) is 3.63. The van der Waals surface area contributed by atoms with Crippen molar-refractivity contribution in [3.63, 3.8) is 0 Å². The maximum Gasteiger partial charge on any atom is 0.336 e. The molecule has 0 saturated carbocycles. The van der Waals surface area contributed by atoms with Crippen LogP contribution < -0.4 is 0 Å². The van der Waals surface area contributed by atoms with Gasteiger partial charge in [-0.05, 0) is 12.1 Å². The van der Waals surface area contributed by atoms with E-state index >= 15 is 0 Å².